The van der Waals surface area contributed by atoms with E-state index in [4.69, 9.17) is 39.0 Å². The monoisotopic (exact) mass is 201 g/mol. The van der Waals surface area contributed by atoms with E-state index in [9.17, 15) is 0 Å². The summed E-state index contributed by atoms with van der Waals surface area (Å²) in [4.78, 5) is 0. The van der Waals surface area contributed by atoms with Gasteiger partial charge in [-0.1, -0.05) is 0 Å². The lowest BCUT2D eigenvalue weighted by Gasteiger charge is -2.08. The molecule has 0 aromatic carbocycles. The van der Waals surface area contributed by atoms with Crippen molar-refractivity contribution in [2.75, 3.05) is 5.50 Å². The molecule has 0 amide bonds. The molecule has 0 aliphatic rings. The van der Waals surface area contributed by atoms with Crippen LogP contribution in [0.25, 0.3) is 0 Å². The molecule has 0 saturated heterocycles. The van der Waals surface area contributed by atoms with Gasteiger partial charge in [0.1, 0.15) is 0 Å². The Bertz CT molecular complexity index is 119. The lowest BCUT2D eigenvalue weighted by atomic mass is 10.6. The normalized spacial score (nSPS) is 10.9. The number of nitrogens with zero attached hydrogens (tertiary/aromatic N) is 1. The Balaban J connectivity index is 3.48. The number of rotatable bonds is 3. The first-order valence-corrected chi connectivity index (χ1v) is 7.40. The van der Waals surface area contributed by atoms with Crippen LogP contribution >= 0.6 is 33.8 Å². The highest BCUT2D eigenvalue weighted by Crippen LogP contribution is 2.22. The van der Waals surface area contributed by atoms with Crippen LogP contribution in [0.2, 0.25) is 6.04 Å². The van der Waals surface area contributed by atoms with E-state index in [0.29, 0.717) is 18.0 Å². The summed E-state index contributed by atoms with van der Waals surface area (Å²) in [5.41, 5.74) is 0.303. The Morgan fingerprint density at radius 1 is 1.44 bits per heavy atom. The van der Waals surface area contributed by atoms with Crippen LogP contribution in [0.5, 0.6) is 0 Å². The van der Waals surface area contributed by atoms with Crippen molar-refractivity contribution in [3.05, 3.63) is 0 Å². The van der Waals surface area contributed by atoms with Gasteiger partial charge >= 0.3 is 0 Å². The maximum atomic E-state index is 8.14. The Morgan fingerprint density at radius 2 is 2.00 bits per heavy atom. The highest BCUT2D eigenvalue weighted by molar-refractivity contribution is 7.46. The SMILES string of the molecule is N#CCC[Si](Cl)(Cl)CCl. The van der Waals surface area contributed by atoms with Crippen LogP contribution in [0.3, 0.4) is 0 Å². The molecule has 0 bridgehead atoms. The van der Waals surface area contributed by atoms with Gasteiger partial charge in [-0.25, -0.2) is 0 Å². The molecule has 0 atom stereocenters. The van der Waals surface area contributed by atoms with Crippen molar-refractivity contribution in [1.82, 2.24) is 0 Å². The Kier molecular flexibility index (Phi) is 4.68. The second kappa shape index (κ2) is 4.40. The lowest BCUT2D eigenvalue weighted by Crippen LogP contribution is -2.20. The molecule has 0 rings (SSSR count). The third-order valence-corrected chi connectivity index (χ3v) is 6.30. The molecule has 0 aliphatic carbocycles. The molecule has 0 radical (unpaired) electrons. The standard InChI is InChI=1S/C4H6Cl3NSi/c5-4-9(6,7)3-1-2-8/h1,3-4H2. The zero-order valence-electron chi connectivity index (χ0n) is 4.70. The summed E-state index contributed by atoms with van der Waals surface area (Å²) in [6, 6.07) is 2.53. The lowest BCUT2D eigenvalue weighted by molar-refractivity contribution is 1.19. The van der Waals surface area contributed by atoms with E-state index in [2.05, 4.69) is 0 Å². The predicted octanol–water partition coefficient (Wildman–Crippen LogP) is 2.60. The number of nitriles is 1. The minimum Gasteiger partial charge on any atom is -0.198 e. The summed E-state index contributed by atoms with van der Waals surface area (Å²) in [6.45, 7) is -2.21. The highest BCUT2D eigenvalue weighted by Gasteiger charge is 2.26. The average molecular weight is 203 g/mol. The summed E-state index contributed by atoms with van der Waals surface area (Å²) in [7, 11) is 0. The van der Waals surface area contributed by atoms with Crippen molar-refractivity contribution in [3.8, 4) is 6.07 Å². The van der Waals surface area contributed by atoms with Crippen molar-refractivity contribution in [3.63, 3.8) is 0 Å². The number of alkyl halides is 1. The van der Waals surface area contributed by atoms with Crippen LogP contribution in [0.1, 0.15) is 6.42 Å². The fourth-order valence-corrected chi connectivity index (χ4v) is 1.88. The van der Waals surface area contributed by atoms with Crippen LogP contribution in [-0.4, -0.2) is 12.2 Å². The second-order valence-corrected chi connectivity index (χ2v) is 9.85. The Hall–Kier alpha value is 0.577. The zero-order chi connectivity index (χ0) is 7.33. The molecule has 0 saturated carbocycles. The molecule has 0 aromatic rings. The summed E-state index contributed by atoms with van der Waals surface area (Å²) in [5.74, 6) is 0. The fraction of sp³-hybridized carbons (Fsp3) is 0.750. The van der Waals surface area contributed by atoms with Gasteiger partial charge in [-0.3, -0.25) is 0 Å². The summed E-state index contributed by atoms with van der Waals surface area (Å²) < 4.78 is 0. The quantitative estimate of drug-likeness (QED) is 0.392. The smallest absolute Gasteiger partial charge is 0.198 e. The maximum absolute atomic E-state index is 8.14. The molecule has 0 aliphatic heterocycles. The van der Waals surface area contributed by atoms with Gasteiger partial charge in [0, 0.05) is 11.9 Å². The van der Waals surface area contributed by atoms with Gasteiger partial charge in [0.15, 0.2) is 0 Å². The van der Waals surface area contributed by atoms with Crippen LogP contribution in [0.15, 0.2) is 0 Å². The molecule has 0 heterocycles. The van der Waals surface area contributed by atoms with Gasteiger partial charge in [0.25, 0.3) is 6.69 Å². The number of hydrogen-bond donors (Lipinski definition) is 0. The molecular formula is C4H6Cl3NSi. The van der Waals surface area contributed by atoms with Gasteiger partial charge in [-0.05, 0) is 6.04 Å². The second-order valence-electron chi connectivity index (χ2n) is 1.65. The van der Waals surface area contributed by atoms with Gasteiger partial charge in [0.2, 0.25) is 0 Å². The van der Waals surface area contributed by atoms with E-state index < -0.39 is 6.69 Å². The van der Waals surface area contributed by atoms with E-state index in [1.807, 2.05) is 6.07 Å². The van der Waals surface area contributed by atoms with E-state index in [0.717, 1.165) is 0 Å². The van der Waals surface area contributed by atoms with Gasteiger partial charge in [0.05, 0.1) is 6.07 Å². The van der Waals surface area contributed by atoms with E-state index in [1.54, 1.807) is 0 Å². The van der Waals surface area contributed by atoms with E-state index >= 15 is 0 Å². The molecule has 0 fully saturated rings. The summed E-state index contributed by atoms with van der Waals surface area (Å²) in [5, 5.41) is 8.14. The first-order chi connectivity index (χ1) is 4.12. The van der Waals surface area contributed by atoms with Gasteiger partial charge in [-0.15, -0.1) is 33.8 Å². The highest BCUT2D eigenvalue weighted by atomic mass is 35.7. The molecule has 1 nitrogen and oxygen atoms in total. The van der Waals surface area contributed by atoms with Crippen molar-refractivity contribution in [2.24, 2.45) is 0 Å². The third-order valence-electron chi connectivity index (χ3n) is 0.798. The molecule has 9 heavy (non-hydrogen) atoms. The molecule has 0 unspecified atom stereocenters. The first kappa shape index (κ1) is 9.58. The van der Waals surface area contributed by atoms with Crippen molar-refractivity contribution >= 4 is 40.5 Å². The van der Waals surface area contributed by atoms with Crippen molar-refractivity contribution in [2.45, 2.75) is 12.5 Å². The van der Waals surface area contributed by atoms with Gasteiger partial charge in [-0.2, -0.15) is 5.26 Å². The number of hydrogen-bond acceptors (Lipinski definition) is 1. The van der Waals surface area contributed by atoms with Crippen molar-refractivity contribution < 1.29 is 0 Å². The first-order valence-electron chi connectivity index (χ1n) is 2.43. The summed E-state index contributed by atoms with van der Waals surface area (Å²) in [6.07, 6.45) is 0.409. The van der Waals surface area contributed by atoms with Crippen LogP contribution in [-0.2, 0) is 0 Å². The topological polar surface area (TPSA) is 23.8 Å². The minimum atomic E-state index is -2.21. The van der Waals surface area contributed by atoms with Crippen molar-refractivity contribution in [1.29, 1.82) is 5.26 Å². The van der Waals surface area contributed by atoms with Crippen LogP contribution < -0.4 is 0 Å². The van der Waals surface area contributed by atoms with Crippen LogP contribution in [0.4, 0.5) is 0 Å². The molecule has 52 valence electrons. The van der Waals surface area contributed by atoms with E-state index in [1.165, 1.54) is 0 Å². The fourth-order valence-electron chi connectivity index (χ4n) is 0.306. The van der Waals surface area contributed by atoms with E-state index in [-0.39, 0.29) is 0 Å². The average Bonchev–Trinajstić information content (AvgIpc) is 1.84. The molecule has 0 aromatic heterocycles. The molecule has 5 heteroatoms. The Morgan fingerprint density at radius 3 is 2.33 bits per heavy atom. The number of halogens is 3. The molecule has 0 N–H and O–H groups in total. The minimum absolute atomic E-state index is 0.303. The predicted molar refractivity (Wildman–Crippen MR) is 43.2 cm³/mol. The zero-order valence-corrected chi connectivity index (χ0v) is 7.97. The largest absolute Gasteiger partial charge is 0.266 e. The molecule has 0 spiro atoms. The third kappa shape index (κ3) is 5.04. The van der Waals surface area contributed by atoms with Gasteiger partial charge < -0.3 is 0 Å². The Labute approximate surface area is 69.9 Å². The van der Waals surface area contributed by atoms with Crippen LogP contribution in [0, 0.1) is 11.3 Å². The molecular weight excluding hydrogens is 196 g/mol. The summed E-state index contributed by atoms with van der Waals surface area (Å²) >= 11 is 16.9. The maximum Gasteiger partial charge on any atom is 0.266 e.